The minimum atomic E-state index is 1.50. The largest absolute Gasteiger partial charge is 0.245 e. The van der Waals surface area contributed by atoms with Gasteiger partial charge in [-0.3, -0.25) is 0 Å². The van der Waals surface area contributed by atoms with Gasteiger partial charge >= 0.3 is 0 Å². The molecule has 0 aromatic carbocycles. The lowest BCUT2D eigenvalue weighted by atomic mass is 10.7. The minimum absolute atomic E-state index is 1.50. The van der Waals surface area contributed by atoms with E-state index in [1.54, 1.807) is 36.9 Å². The highest BCUT2D eigenvalue weighted by Gasteiger charge is 1.59. The number of hydrogen-bond acceptors (Lipinski definition) is 6. The van der Waals surface area contributed by atoms with Crippen LogP contribution in [0.1, 0.15) is 0 Å². The van der Waals surface area contributed by atoms with Gasteiger partial charge in [-0.05, 0) is 12.1 Å². The molecule has 0 N–H and O–H groups in total. The Kier molecular flexibility index (Phi) is 9.73. The Morgan fingerprint density at radius 2 is 0.929 bits per heavy atom. The highest BCUT2D eigenvalue weighted by Crippen LogP contribution is 1.67. The molecule has 6 heteroatoms. The topological polar surface area (TPSA) is 68.6 Å². The summed E-state index contributed by atoms with van der Waals surface area (Å²) in [5.74, 6) is 0. The van der Waals surface area contributed by atoms with Crippen LogP contribution in [0.2, 0.25) is 0 Å². The maximum absolute atomic E-state index is 7.83. The molecule has 0 aliphatic rings. The zero-order valence-corrected chi connectivity index (χ0v) is 8.04. The van der Waals surface area contributed by atoms with Crippen LogP contribution in [-0.2, 0) is 12.5 Å². The molecule has 0 fully saturated rings. The average molecular weight is 208 g/mol. The summed E-state index contributed by atoms with van der Waals surface area (Å²) < 4.78 is 7.83. The van der Waals surface area contributed by atoms with E-state index in [1.807, 2.05) is 0 Å². The summed E-state index contributed by atoms with van der Waals surface area (Å²) in [7, 11) is 0. The van der Waals surface area contributed by atoms with E-state index < -0.39 is 0 Å². The van der Waals surface area contributed by atoms with Crippen LogP contribution in [0.3, 0.4) is 0 Å². The van der Waals surface area contributed by atoms with Crippen LogP contribution < -0.4 is 0 Å². The molecule has 0 amide bonds. The van der Waals surface area contributed by atoms with E-state index in [1.165, 1.54) is 12.7 Å². The van der Waals surface area contributed by atoms with Gasteiger partial charge in [0.25, 0.3) is 0 Å². The molecular weight excluding hydrogens is 200 g/mol. The molecule has 0 aliphatic carbocycles. The predicted octanol–water partition coefficient (Wildman–Crippen LogP) is 0.617. The van der Waals surface area contributed by atoms with E-state index in [9.17, 15) is 0 Å². The van der Waals surface area contributed by atoms with E-state index >= 15 is 0 Å². The number of rotatable bonds is 0. The maximum Gasteiger partial charge on any atom is 0.197 e. The molecule has 2 aromatic rings. The van der Waals surface area contributed by atoms with E-state index in [0.717, 1.165) is 0 Å². The summed E-state index contributed by atoms with van der Waals surface area (Å²) in [5.41, 5.74) is 0. The van der Waals surface area contributed by atoms with Crippen LogP contribution in [-0.4, -0.2) is 24.1 Å². The summed E-state index contributed by atoms with van der Waals surface area (Å²) in [4.78, 5) is 14.7. The van der Waals surface area contributed by atoms with Gasteiger partial charge in [-0.25, -0.2) is 19.9 Å². The summed E-state index contributed by atoms with van der Waals surface area (Å²) in [6, 6.07) is 3.56. The average Bonchev–Trinajstić information content (AvgIpc) is 2.37. The number of hydrogen-bond donors (Lipinski definition) is 0. The normalized spacial score (nSPS) is 7.14. The molecule has 2 heterocycles. The predicted molar refractivity (Wildman–Crippen MR) is 52.2 cm³/mol. The van der Waals surface area contributed by atoms with Crippen LogP contribution in [0.15, 0.2) is 49.6 Å². The van der Waals surface area contributed by atoms with Gasteiger partial charge in [0.1, 0.15) is 12.7 Å². The van der Waals surface area contributed by atoms with Crippen molar-refractivity contribution in [1.29, 1.82) is 0 Å². The monoisotopic (exact) mass is 208 g/mol. The molecule has 0 saturated carbocycles. The number of aromatic nitrogens is 4. The Morgan fingerprint density at radius 1 is 0.643 bits per heavy atom. The first-order chi connectivity index (χ1) is 7.00. The molecule has 0 saturated heterocycles. The third-order valence-electron chi connectivity index (χ3n) is 0.955. The lowest BCUT2D eigenvalue weighted by Crippen LogP contribution is -1.66. The molecular formula is C8H8N4OS. The fourth-order valence-electron chi connectivity index (χ4n) is 0.507. The van der Waals surface area contributed by atoms with Gasteiger partial charge in [-0.15, -0.1) is 0 Å². The number of nitrogens with zero attached hydrogens (tertiary/aromatic N) is 4. The Balaban J connectivity index is 0.000000206. The van der Waals surface area contributed by atoms with E-state index in [0.29, 0.717) is 0 Å². The maximum atomic E-state index is 7.83. The highest BCUT2D eigenvalue weighted by atomic mass is 32.1. The second-order valence-corrected chi connectivity index (χ2v) is 1.81. The zero-order chi connectivity index (χ0) is 10.5. The van der Waals surface area contributed by atoms with Crippen molar-refractivity contribution >= 4 is 12.5 Å². The van der Waals surface area contributed by atoms with E-state index in [4.69, 9.17) is 4.21 Å². The van der Waals surface area contributed by atoms with Crippen molar-refractivity contribution in [3.05, 3.63) is 49.6 Å². The van der Waals surface area contributed by atoms with Crippen molar-refractivity contribution in [1.82, 2.24) is 19.9 Å². The van der Waals surface area contributed by atoms with Gasteiger partial charge in [0.2, 0.25) is 0 Å². The van der Waals surface area contributed by atoms with Crippen LogP contribution >= 0.6 is 0 Å². The second kappa shape index (κ2) is 11.2. The van der Waals surface area contributed by atoms with Crippen molar-refractivity contribution in [3.8, 4) is 0 Å². The summed E-state index contributed by atoms with van der Waals surface area (Å²) in [6.07, 6.45) is 9.75. The fraction of sp³-hybridized carbons (Fsp3) is 0. The molecule has 0 spiro atoms. The molecule has 14 heavy (non-hydrogen) atoms. The van der Waals surface area contributed by atoms with Gasteiger partial charge in [0.05, 0.1) is 0 Å². The van der Waals surface area contributed by atoms with Crippen LogP contribution in [0.4, 0.5) is 0 Å². The van der Waals surface area contributed by atoms with Crippen molar-refractivity contribution in [2.24, 2.45) is 0 Å². The highest BCUT2D eigenvalue weighted by molar-refractivity contribution is 7.44. The lowest BCUT2D eigenvalue weighted by molar-refractivity contribution is 0.702. The third kappa shape index (κ3) is 8.28. The van der Waals surface area contributed by atoms with E-state index in [-0.39, 0.29) is 0 Å². The molecule has 0 radical (unpaired) electrons. The van der Waals surface area contributed by atoms with Gasteiger partial charge in [-0.1, -0.05) is 0 Å². The Labute approximate surface area is 86.8 Å². The Bertz CT molecular complexity index is 210. The van der Waals surface area contributed by atoms with Crippen molar-refractivity contribution in [2.45, 2.75) is 0 Å². The zero-order valence-electron chi connectivity index (χ0n) is 7.22. The van der Waals surface area contributed by atoms with Crippen LogP contribution in [0.5, 0.6) is 0 Å². The quantitative estimate of drug-likeness (QED) is 0.632. The van der Waals surface area contributed by atoms with Crippen molar-refractivity contribution < 1.29 is 4.21 Å². The Hall–Kier alpha value is -1.82. The first-order valence-corrected chi connectivity index (χ1v) is 3.90. The summed E-state index contributed by atoms with van der Waals surface area (Å²) >= 11 is 2.83. The SMILES string of the molecule is O=S.c1cncnc1.c1cncnc1. The van der Waals surface area contributed by atoms with Crippen LogP contribution in [0.25, 0.3) is 0 Å². The van der Waals surface area contributed by atoms with Crippen LogP contribution in [0, 0.1) is 0 Å². The molecule has 0 aliphatic heterocycles. The molecule has 5 nitrogen and oxygen atoms in total. The second-order valence-electron chi connectivity index (χ2n) is 1.81. The van der Waals surface area contributed by atoms with Gasteiger partial charge in [0, 0.05) is 24.8 Å². The fourth-order valence-corrected chi connectivity index (χ4v) is 0.507. The smallest absolute Gasteiger partial charge is 0.197 e. The van der Waals surface area contributed by atoms with Gasteiger partial charge in [0.15, 0.2) is 12.5 Å². The molecule has 0 atom stereocenters. The first-order valence-electron chi connectivity index (χ1n) is 3.57. The molecule has 0 bridgehead atoms. The summed E-state index contributed by atoms with van der Waals surface area (Å²) in [5, 5.41) is 0. The molecule has 2 aromatic heterocycles. The third-order valence-corrected chi connectivity index (χ3v) is 0.955. The molecule has 2 rings (SSSR count). The van der Waals surface area contributed by atoms with Crippen molar-refractivity contribution in [2.75, 3.05) is 0 Å². The standard InChI is InChI=1S/2C4H4N2.OS/c2*1-2-5-4-6-3-1;1-2/h2*1-4H;. The van der Waals surface area contributed by atoms with Gasteiger partial charge in [-0.2, -0.15) is 4.21 Å². The van der Waals surface area contributed by atoms with Crippen molar-refractivity contribution in [3.63, 3.8) is 0 Å². The first kappa shape index (κ1) is 12.2. The Morgan fingerprint density at radius 3 is 1.00 bits per heavy atom. The minimum Gasteiger partial charge on any atom is -0.245 e. The molecule has 0 unspecified atom stereocenters. The summed E-state index contributed by atoms with van der Waals surface area (Å²) in [6.45, 7) is 0. The molecule has 72 valence electrons. The van der Waals surface area contributed by atoms with E-state index in [2.05, 4.69) is 32.5 Å². The van der Waals surface area contributed by atoms with Gasteiger partial charge < -0.3 is 0 Å². The lowest BCUT2D eigenvalue weighted by Gasteiger charge is -1.70.